The molecule has 1 atom stereocenters. The predicted molar refractivity (Wildman–Crippen MR) is 112 cm³/mol. The summed E-state index contributed by atoms with van der Waals surface area (Å²) in [6.07, 6.45) is 0. The summed E-state index contributed by atoms with van der Waals surface area (Å²) in [7, 11) is -3.82. The van der Waals surface area contributed by atoms with Crippen molar-refractivity contribution in [1.82, 2.24) is 4.31 Å². The number of likely N-dealkylation sites (N-methyl/N-ethyl adjacent to an activating group) is 1. The second kappa shape index (κ2) is 8.50. The monoisotopic (exact) mass is 393 g/mol. The Morgan fingerprint density at radius 3 is 2.04 bits per heavy atom. The molecule has 0 saturated heterocycles. The third-order valence-electron chi connectivity index (χ3n) is 4.73. The largest absolute Gasteiger partial charge is 0.292 e. The minimum Gasteiger partial charge on any atom is -0.292 e. The number of carbonyl (C=O) groups is 1. The first-order valence-electron chi connectivity index (χ1n) is 9.21. The van der Waals surface area contributed by atoms with Crippen molar-refractivity contribution in [2.24, 2.45) is 0 Å². The molecule has 3 aromatic rings. The molecule has 0 aliphatic rings. The molecule has 0 aliphatic heterocycles. The lowest BCUT2D eigenvalue weighted by Gasteiger charge is -2.26. The van der Waals surface area contributed by atoms with Crippen molar-refractivity contribution in [2.75, 3.05) is 6.54 Å². The van der Waals surface area contributed by atoms with E-state index in [0.717, 1.165) is 11.1 Å². The van der Waals surface area contributed by atoms with Crippen LogP contribution in [0, 0.1) is 0 Å². The van der Waals surface area contributed by atoms with Crippen molar-refractivity contribution in [2.45, 2.75) is 24.8 Å². The zero-order valence-corrected chi connectivity index (χ0v) is 16.8. The van der Waals surface area contributed by atoms with Crippen LogP contribution in [0.5, 0.6) is 0 Å². The summed E-state index contributed by atoms with van der Waals surface area (Å²) in [6, 6.07) is 24.4. The molecule has 0 heterocycles. The van der Waals surface area contributed by atoms with E-state index in [0.29, 0.717) is 5.56 Å². The minimum absolute atomic E-state index is 0.184. The van der Waals surface area contributed by atoms with E-state index in [4.69, 9.17) is 0 Å². The number of rotatable bonds is 7. The van der Waals surface area contributed by atoms with Crippen LogP contribution in [0.1, 0.15) is 24.2 Å². The Hall–Kier alpha value is -2.76. The highest BCUT2D eigenvalue weighted by Gasteiger charge is 2.32. The van der Waals surface area contributed by atoms with Crippen molar-refractivity contribution < 1.29 is 13.2 Å². The normalized spacial score (nSPS) is 12.7. The van der Waals surface area contributed by atoms with Gasteiger partial charge in [-0.2, -0.15) is 4.31 Å². The number of sulfonamides is 1. The molecule has 0 bridgehead atoms. The van der Waals surface area contributed by atoms with Gasteiger partial charge in [-0.1, -0.05) is 79.7 Å². The Kier molecular flexibility index (Phi) is 6.07. The van der Waals surface area contributed by atoms with Crippen molar-refractivity contribution >= 4 is 15.8 Å². The van der Waals surface area contributed by atoms with Crippen LogP contribution in [0.25, 0.3) is 11.1 Å². The summed E-state index contributed by atoms with van der Waals surface area (Å²) >= 11 is 0. The fourth-order valence-corrected chi connectivity index (χ4v) is 4.88. The molecule has 0 N–H and O–H groups in total. The van der Waals surface area contributed by atoms with Gasteiger partial charge in [-0.05, 0) is 30.2 Å². The van der Waals surface area contributed by atoms with E-state index in [1.807, 2.05) is 42.5 Å². The number of hydrogen-bond donors (Lipinski definition) is 0. The fourth-order valence-electron chi connectivity index (χ4n) is 3.23. The summed E-state index contributed by atoms with van der Waals surface area (Å²) in [5.41, 5.74) is 2.26. The lowest BCUT2D eigenvalue weighted by atomic mass is 10.1. The molecule has 4 nitrogen and oxygen atoms in total. The van der Waals surface area contributed by atoms with Gasteiger partial charge in [-0.25, -0.2) is 8.42 Å². The fraction of sp³-hybridized carbons (Fsp3) is 0.174. The summed E-state index contributed by atoms with van der Waals surface area (Å²) in [6.45, 7) is 3.59. The Morgan fingerprint density at radius 2 is 1.43 bits per heavy atom. The van der Waals surface area contributed by atoms with E-state index in [9.17, 15) is 13.2 Å². The van der Waals surface area contributed by atoms with E-state index >= 15 is 0 Å². The number of ketones is 1. The highest BCUT2D eigenvalue weighted by atomic mass is 32.2. The predicted octanol–water partition coefficient (Wildman–Crippen LogP) is 4.64. The lowest BCUT2D eigenvalue weighted by Crippen LogP contribution is -2.43. The highest BCUT2D eigenvalue weighted by molar-refractivity contribution is 7.89. The van der Waals surface area contributed by atoms with Crippen LogP contribution in [0.4, 0.5) is 0 Å². The molecule has 0 spiro atoms. The number of Topliss-reactive ketones (excluding diaryl/α,β-unsaturated/α-hetero) is 1. The van der Waals surface area contributed by atoms with Crippen LogP contribution in [0.3, 0.4) is 0 Å². The molecule has 28 heavy (non-hydrogen) atoms. The number of benzene rings is 3. The highest BCUT2D eigenvalue weighted by Crippen LogP contribution is 2.25. The maximum Gasteiger partial charge on any atom is 0.243 e. The Morgan fingerprint density at radius 1 is 0.857 bits per heavy atom. The van der Waals surface area contributed by atoms with Crippen LogP contribution in [-0.2, 0) is 10.0 Å². The van der Waals surface area contributed by atoms with Gasteiger partial charge in [-0.15, -0.1) is 0 Å². The number of carbonyl (C=O) groups excluding carboxylic acids is 1. The Bertz CT molecular complexity index is 1050. The van der Waals surface area contributed by atoms with Gasteiger partial charge in [0, 0.05) is 12.1 Å². The zero-order chi connectivity index (χ0) is 20.1. The van der Waals surface area contributed by atoms with Gasteiger partial charge < -0.3 is 0 Å². The topological polar surface area (TPSA) is 54.5 Å². The van der Waals surface area contributed by atoms with Gasteiger partial charge in [0.2, 0.25) is 10.0 Å². The second-order valence-corrected chi connectivity index (χ2v) is 8.40. The Balaban J connectivity index is 1.95. The van der Waals surface area contributed by atoms with Crippen LogP contribution in [-0.4, -0.2) is 31.1 Å². The smallest absolute Gasteiger partial charge is 0.243 e. The van der Waals surface area contributed by atoms with Gasteiger partial charge in [-0.3, -0.25) is 4.79 Å². The average Bonchev–Trinajstić information content (AvgIpc) is 2.75. The number of hydrogen-bond acceptors (Lipinski definition) is 3. The van der Waals surface area contributed by atoms with Crippen molar-refractivity contribution in [1.29, 1.82) is 0 Å². The van der Waals surface area contributed by atoms with E-state index in [1.165, 1.54) is 4.31 Å². The molecular formula is C23H23NO3S. The van der Waals surface area contributed by atoms with E-state index in [2.05, 4.69) is 0 Å². The first kappa shape index (κ1) is 20.0. The molecule has 0 saturated carbocycles. The number of nitrogens with zero attached hydrogens (tertiary/aromatic N) is 1. The minimum atomic E-state index is -3.82. The molecule has 3 rings (SSSR count). The van der Waals surface area contributed by atoms with Crippen LogP contribution in [0.2, 0.25) is 0 Å². The molecule has 144 valence electrons. The Labute approximate surface area is 166 Å². The molecular weight excluding hydrogens is 370 g/mol. The quantitative estimate of drug-likeness (QED) is 0.550. The summed E-state index contributed by atoms with van der Waals surface area (Å²) < 4.78 is 27.9. The maximum atomic E-state index is 13.3. The van der Waals surface area contributed by atoms with E-state index in [-0.39, 0.29) is 17.2 Å². The van der Waals surface area contributed by atoms with Gasteiger partial charge in [0.1, 0.15) is 0 Å². The zero-order valence-electron chi connectivity index (χ0n) is 15.9. The maximum absolute atomic E-state index is 13.3. The third kappa shape index (κ3) is 4.06. The summed E-state index contributed by atoms with van der Waals surface area (Å²) in [4.78, 5) is 13.0. The molecule has 1 unspecified atom stereocenters. The van der Waals surface area contributed by atoms with Gasteiger partial charge in [0.05, 0.1) is 10.9 Å². The van der Waals surface area contributed by atoms with Crippen LogP contribution >= 0.6 is 0 Å². The first-order valence-corrected chi connectivity index (χ1v) is 10.7. The van der Waals surface area contributed by atoms with E-state index < -0.39 is 16.1 Å². The molecule has 5 heteroatoms. The van der Waals surface area contributed by atoms with Gasteiger partial charge in [0.25, 0.3) is 0 Å². The van der Waals surface area contributed by atoms with Crippen LogP contribution in [0.15, 0.2) is 89.8 Å². The van der Waals surface area contributed by atoms with Crippen LogP contribution < -0.4 is 0 Å². The van der Waals surface area contributed by atoms with E-state index in [1.54, 1.807) is 56.3 Å². The first-order chi connectivity index (χ1) is 13.4. The molecule has 0 aromatic heterocycles. The SMILES string of the molecule is CCN(C(C)C(=O)c1ccccc1)S(=O)(=O)c1cccc(-c2ccccc2)c1. The molecule has 0 amide bonds. The van der Waals surface area contributed by atoms with Gasteiger partial charge in [0.15, 0.2) is 5.78 Å². The van der Waals surface area contributed by atoms with Crippen molar-refractivity contribution in [3.8, 4) is 11.1 Å². The molecule has 3 aromatic carbocycles. The standard InChI is InChI=1S/C23H23NO3S/c1-3-24(18(2)23(25)20-13-8-5-9-14-20)28(26,27)22-16-10-15-21(17-22)19-11-6-4-7-12-19/h4-18H,3H2,1-2H3. The molecule has 0 aliphatic carbocycles. The van der Waals surface area contributed by atoms with Crippen molar-refractivity contribution in [3.63, 3.8) is 0 Å². The summed E-state index contributed by atoms with van der Waals surface area (Å²) in [5.74, 6) is -0.217. The molecule has 0 radical (unpaired) electrons. The third-order valence-corrected chi connectivity index (χ3v) is 6.77. The lowest BCUT2D eigenvalue weighted by molar-refractivity contribution is 0.0910. The summed E-state index contributed by atoms with van der Waals surface area (Å²) in [5, 5.41) is 0. The molecule has 0 fully saturated rings. The van der Waals surface area contributed by atoms with Gasteiger partial charge >= 0.3 is 0 Å². The average molecular weight is 394 g/mol. The van der Waals surface area contributed by atoms with Crippen molar-refractivity contribution in [3.05, 3.63) is 90.5 Å². The second-order valence-electron chi connectivity index (χ2n) is 6.51.